The number of amides is 1. The normalized spacial score (nSPS) is 18.3. The van der Waals surface area contributed by atoms with E-state index in [1.807, 2.05) is 66.7 Å². The van der Waals surface area contributed by atoms with Gasteiger partial charge < -0.3 is 5.32 Å². The number of aromatic nitrogens is 1. The first kappa shape index (κ1) is 22.6. The van der Waals surface area contributed by atoms with Gasteiger partial charge in [0.15, 0.2) is 0 Å². The predicted molar refractivity (Wildman–Crippen MR) is 140 cm³/mol. The second kappa shape index (κ2) is 9.57. The highest BCUT2D eigenvalue weighted by Gasteiger charge is 2.27. The first-order chi connectivity index (χ1) is 16.5. The smallest absolute Gasteiger partial charge is 0.255 e. The third-order valence-electron chi connectivity index (χ3n) is 6.81. The van der Waals surface area contributed by atoms with E-state index in [0.717, 1.165) is 40.0 Å². The minimum atomic E-state index is -0.136. The quantitative estimate of drug-likeness (QED) is 0.336. The van der Waals surface area contributed by atoms with Crippen molar-refractivity contribution in [2.75, 3.05) is 5.32 Å². The van der Waals surface area contributed by atoms with Crippen molar-refractivity contribution in [3.05, 3.63) is 95.1 Å². The first-order valence-corrected chi connectivity index (χ1v) is 12.2. The molecule has 0 aliphatic carbocycles. The molecule has 5 heteroatoms. The van der Waals surface area contributed by atoms with Crippen LogP contribution < -0.4 is 5.32 Å². The molecule has 1 saturated heterocycles. The van der Waals surface area contributed by atoms with Crippen molar-refractivity contribution in [3.8, 4) is 11.1 Å². The minimum Gasteiger partial charge on any atom is -0.322 e. The van der Waals surface area contributed by atoms with Crippen LogP contribution >= 0.6 is 11.6 Å². The molecule has 172 valence electrons. The van der Waals surface area contributed by atoms with Crippen LogP contribution in [0.3, 0.4) is 0 Å². The van der Waals surface area contributed by atoms with Crippen molar-refractivity contribution in [3.63, 3.8) is 0 Å². The zero-order valence-electron chi connectivity index (χ0n) is 19.5. The molecule has 2 atom stereocenters. The summed E-state index contributed by atoms with van der Waals surface area (Å²) in [7, 11) is 0. The number of carbonyl (C=O) groups is 1. The van der Waals surface area contributed by atoms with Gasteiger partial charge in [-0.2, -0.15) is 0 Å². The van der Waals surface area contributed by atoms with Crippen molar-refractivity contribution in [1.82, 2.24) is 9.88 Å². The number of carbonyl (C=O) groups excluding carboxylic acids is 1. The lowest BCUT2D eigenvalue weighted by Crippen LogP contribution is -2.32. The highest BCUT2D eigenvalue weighted by atomic mass is 35.5. The number of hydrogen-bond acceptors (Lipinski definition) is 3. The van der Waals surface area contributed by atoms with Gasteiger partial charge in [-0.15, -0.1) is 0 Å². The van der Waals surface area contributed by atoms with Gasteiger partial charge >= 0.3 is 0 Å². The van der Waals surface area contributed by atoms with E-state index in [9.17, 15) is 4.79 Å². The Labute approximate surface area is 205 Å². The van der Waals surface area contributed by atoms with Gasteiger partial charge in [0.1, 0.15) is 0 Å². The number of anilines is 1. The van der Waals surface area contributed by atoms with E-state index >= 15 is 0 Å². The standard InChI is InChI=1S/C29H28ClN3O/c1-19-3-4-20(2)33(19)18-27-14-11-24-17-26(15-16-28(24)31-27)32-29(34)23-7-5-21(6-8-23)22-9-12-25(30)13-10-22/h5-17,19-20H,3-4,18H2,1-2H3,(H,32,34). The number of fused-ring (bicyclic) bond motifs is 1. The van der Waals surface area contributed by atoms with Crippen molar-refractivity contribution in [2.45, 2.75) is 45.3 Å². The van der Waals surface area contributed by atoms with Gasteiger partial charge in [0, 0.05) is 40.3 Å². The monoisotopic (exact) mass is 469 g/mol. The zero-order valence-corrected chi connectivity index (χ0v) is 20.2. The molecule has 3 aromatic carbocycles. The van der Waals surface area contributed by atoms with Gasteiger partial charge in [0.25, 0.3) is 5.91 Å². The maximum absolute atomic E-state index is 12.8. The minimum absolute atomic E-state index is 0.136. The van der Waals surface area contributed by atoms with Crippen molar-refractivity contribution in [2.24, 2.45) is 0 Å². The SMILES string of the molecule is CC1CCC(C)N1Cc1ccc2cc(NC(=O)c3ccc(-c4ccc(Cl)cc4)cc3)ccc2n1. The summed E-state index contributed by atoms with van der Waals surface area (Å²) in [6.07, 6.45) is 2.50. The number of nitrogens with zero attached hydrogens (tertiary/aromatic N) is 2. The van der Waals surface area contributed by atoms with Crippen molar-refractivity contribution < 1.29 is 4.79 Å². The van der Waals surface area contributed by atoms with Crippen molar-refractivity contribution >= 4 is 34.1 Å². The summed E-state index contributed by atoms with van der Waals surface area (Å²) in [4.78, 5) is 20.2. The van der Waals surface area contributed by atoms with Crippen LogP contribution in [0.2, 0.25) is 5.02 Å². The van der Waals surface area contributed by atoms with E-state index in [1.165, 1.54) is 12.8 Å². The van der Waals surface area contributed by atoms with E-state index in [4.69, 9.17) is 16.6 Å². The van der Waals surface area contributed by atoms with Gasteiger partial charge in [-0.25, -0.2) is 0 Å². The van der Waals surface area contributed by atoms with Gasteiger partial charge in [-0.1, -0.05) is 41.9 Å². The van der Waals surface area contributed by atoms with Crippen LogP contribution in [0.25, 0.3) is 22.0 Å². The summed E-state index contributed by atoms with van der Waals surface area (Å²) in [5.74, 6) is -0.136. The summed E-state index contributed by atoms with van der Waals surface area (Å²) >= 11 is 5.97. The third-order valence-corrected chi connectivity index (χ3v) is 7.06. The number of nitrogens with one attached hydrogen (secondary N) is 1. The Bertz CT molecular complexity index is 1310. The molecule has 34 heavy (non-hydrogen) atoms. The molecule has 0 spiro atoms. The number of rotatable bonds is 5. The highest BCUT2D eigenvalue weighted by Crippen LogP contribution is 2.27. The number of likely N-dealkylation sites (tertiary alicyclic amines) is 1. The van der Waals surface area contributed by atoms with Gasteiger partial charge in [-0.05, 0) is 86.3 Å². The average Bonchev–Trinajstić information content (AvgIpc) is 3.17. The number of pyridine rings is 1. The fourth-order valence-electron chi connectivity index (χ4n) is 4.74. The molecular weight excluding hydrogens is 442 g/mol. The molecule has 4 aromatic rings. The van der Waals surface area contributed by atoms with Crippen molar-refractivity contribution in [1.29, 1.82) is 0 Å². The molecule has 1 fully saturated rings. The molecule has 1 aliphatic heterocycles. The number of hydrogen-bond donors (Lipinski definition) is 1. The molecular formula is C29H28ClN3O. The van der Waals surface area contributed by atoms with Crippen LogP contribution in [0.1, 0.15) is 42.7 Å². The Morgan fingerprint density at radius 2 is 1.56 bits per heavy atom. The van der Waals surface area contributed by atoms with E-state index in [2.05, 4.69) is 36.2 Å². The van der Waals surface area contributed by atoms with Crippen LogP contribution in [0.5, 0.6) is 0 Å². The Hall–Kier alpha value is -3.21. The summed E-state index contributed by atoms with van der Waals surface area (Å²) in [6, 6.07) is 26.5. The summed E-state index contributed by atoms with van der Waals surface area (Å²) < 4.78 is 0. The largest absolute Gasteiger partial charge is 0.322 e. The fourth-order valence-corrected chi connectivity index (χ4v) is 4.87. The molecule has 5 rings (SSSR count). The molecule has 1 aromatic heterocycles. The van der Waals surface area contributed by atoms with Crippen LogP contribution in [0, 0.1) is 0 Å². The van der Waals surface area contributed by atoms with E-state index < -0.39 is 0 Å². The Morgan fingerprint density at radius 1 is 0.912 bits per heavy atom. The molecule has 0 saturated carbocycles. The maximum Gasteiger partial charge on any atom is 0.255 e. The van der Waals surface area contributed by atoms with E-state index in [-0.39, 0.29) is 5.91 Å². The van der Waals surface area contributed by atoms with Crippen LogP contribution in [-0.2, 0) is 6.54 Å². The lowest BCUT2D eigenvalue weighted by molar-refractivity contribution is 0.102. The second-order valence-electron chi connectivity index (χ2n) is 9.20. The first-order valence-electron chi connectivity index (χ1n) is 11.8. The predicted octanol–water partition coefficient (Wildman–Crippen LogP) is 7.18. The topological polar surface area (TPSA) is 45.2 Å². The molecule has 0 bridgehead atoms. The summed E-state index contributed by atoms with van der Waals surface area (Å²) in [5.41, 5.74) is 5.51. The molecule has 1 amide bonds. The molecule has 2 heterocycles. The van der Waals surface area contributed by atoms with Gasteiger partial charge in [-0.3, -0.25) is 14.7 Å². The molecule has 1 N–H and O–H groups in total. The average molecular weight is 470 g/mol. The zero-order chi connectivity index (χ0) is 23.7. The highest BCUT2D eigenvalue weighted by molar-refractivity contribution is 6.30. The van der Waals surface area contributed by atoms with E-state index in [1.54, 1.807) is 0 Å². The van der Waals surface area contributed by atoms with Crippen LogP contribution in [0.15, 0.2) is 78.9 Å². The van der Waals surface area contributed by atoms with Gasteiger partial charge in [0.05, 0.1) is 11.2 Å². The molecule has 1 aliphatic rings. The maximum atomic E-state index is 12.8. The summed E-state index contributed by atoms with van der Waals surface area (Å²) in [6.45, 7) is 5.47. The number of benzene rings is 3. The fraction of sp³-hybridized carbons (Fsp3) is 0.241. The van der Waals surface area contributed by atoms with Gasteiger partial charge in [0.2, 0.25) is 0 Å². The van der Waals surface area contributed by atoms with Crippen LogP contribution in [-0.4, -0.2) is 27.9 Å². The van der Waals surface area contributed by atoms with Crippen LogP contribution in [0.4, 0.5) is 5.69 Å². The molecule has 0 radical (unpaired) electrons. The molecule has 4 nitrogen and oxygen atoms in total. The Kier molecular flexibility index (Phi) is 6.36. The second-order valence-corrected chi connectivity index (χ2v) is 9.63. The molecule has 2 unspecified atom stereocenters. The third kappa shape index (κ3) is 4.84. The number of halogens is 1. The van der Waals surface area contributed by atoms with E-state index in [0.29, 0.717) is 22.7 Å². The Balaban J connectivity index is 1.27. The lowest BCUT2D eigenvalue weighted by atomic mass is 10.0. The Morgan fingerprint density at radius 3 is 2.24 bits per heavy atom. The summed E-state index contributed by atoms with van der Waals surface area (Å²) in [5, 5.41) is 4.73. The lowest BCUT2D eigenvalue weighted by Gasteiger charge is -2.25.